The molecule has 0 atom stereocenters. The topological polar surface area (TPSA) is 3.24 Å². The lowest BCUT2D eigenvalue weighted by molar-refractivity contribution is 0.234. The Morgan fingerprint density at radius 3 is 2.71 bits per heavy atom. The zero-order chi connectivity index (χ0) is 11.5. The summed E-state index contributed by atoms with van der Waals surface area (Å²) in [7, 11) is 0. The van der Waals surface area contributed by atoms with Crippen LogP contribution in [0, 0.1) is 0 Å². The van der Waals surface area contributed by atoms with Gasteiger partial charge in [0.05, 0.1) is 0 Å². The molecule has 0 unspecified atom stereocenters. The highest BCUT2D eigenvalue weighted by atomic mass is 15.1. The molecule has 1 saturated heterocycles. The second-order valence-corrected chi connectivity index (χ2v) is 5.24. The SMILES string of the molecule is C1=C(CCN2CCCCC2)c2ccccc2C1. The molecular weight excluding hydrogens is 206 g/mol. The number of likely N-dealkylation sites (tertiary alicyclic amines) is 1. The third-order valence-electron chi connectivity index (χ3n) is 4.08. The van der Waals surface area contributed by atoms with Crippen LogP contribution in [-0.2, 0) is 6.42 Å². The molecule has 0 radical (unpaired) electrons. The summed E-state index contributed by atoms with van der Waals surface area (Å²) in [6, 6.07) is 8.86. The number of fused-ring (bicyclic) bond motifs is 1. The first-order valence-electron chi connectivity index (χ1n) is 6.93. The van der Waals surface area contributed by atoms with E-state index in [1.54, 1.807) is 5.57 Å². The van der Waals surface area contributed by atoms with Crippen LogP contribution >= 0.6 is 0 Å². The summed E-state index contributed by atoms with van der Waals surface area (Å²) in [5, 5.41) is 0. The van der Waals surface area contributed by atoms with E-state index in [4.69, 9.17) is 0 Å². The van der Waals surface area contributed by atoms with E-state index >= 15 is 0 Å². The molecule has 1 nitrogen and oxygen atoms in total. The zero-order valence-corrected chi connectivity index (χ0v) is 10.5. The Kier molecular flexibility index (Phi) is 3.28. The first-order chi connectivity index (χ1) is 8.43. The van der Waals surface area contributed by atoms with Gasteiger partial charge >= 0.3 is 0 Å². The van der Waals surface area contributed by atoms with Gasteiger partial charge < -0.3 is 4.90 Å². The first kappa shape index (κ1) is 11.0. The van der Waals surface area contributed by atoms with Crippen LogP contribution in [0.3, 0.4) is 0 Å². The van der Waals surface area contributed by atoms with Gasteiger partial charge in [0.15, 0.2) is 0 Å². The fourth-order valence-corrected chi connectivity index (χ4v) is 3.05. The minimum absolute atomic E-state index is 1.14. The van der Waals surface area contributed by atoms with Crippen LogP contribution in [0.1, 0.15) is 36.8 Å². The lowest BCUT2D eigenvalue weighted by atomic mass is 10.0. The highest BCUT2D eigenvalue weighted by Gasteiger charge is 2.15. The Morgan fingerprint density at radius 2 is 1.82 bits per heavy atom. The van der Waals surface area contributed by atoms with Crippen LogP contribution in [0.2, 0.25) is 0 Å². The van der Waals surface area contributed by atoms with Crippen LogP contribution < -0.4 is 0 Å². The molecule has 1 aromatic carbocycles. The van der Waals surface area contributed by atoms with Crippen molar-refractivity contribution < 1.29 is 0 Å². The van der Waals surface area contributed by atoms with Crippen molar-refractivity contribution in [2.45, 2.75) is 32.1 Å². The molecule has 3 rings (SSSR count). The van der Waals surface area contributed by atoms with Crippen molar-refractivity contribution in [3.05, 3.63) is 41.5 Å². The van der Waals surface area contributed by atoms with Gasteiger partial charge in [-0.3, -0.25) is 0 Å². The summed E-state index contributed by atoms with van der Waals surface area (Å²) in [5.74, 6) is 0. The Morgan fingerprint density at radius 1 is 1.00 bits per heavy atom. The van der Waals surface area contributed by atoms with E-state index in [1.165, 1.54) is 56.4 Å². The first-order valence-corrected chi connectivity index (χ1v) is 6.93. The number of benzene rings is 1. The van der Waals surface area contributed by atoms with Gasteiger partial charge in [0, 0.05) is 6.54 Å². The molecule has 0 N–H and O–H groups in total. The number of nitrogens with zero attached hydrogens (tertiary/aromatic N) is 1. The van der Waals surface area contributed by atoms with Crippen LogP contribution in [-0.4, -0.2) is 24.5 Å². The zero-order valence-electron chi connectivity index (χ0n) is 10.5. The molecule has 1 fully saturated rings. The van der Waals surface area contributed by atoms with E-state index in [2.05, 4.69) is 35.2 Å². The van der Waals surface area contributed by atoms with Gasteiger partial charge in [-0.1, -0.05) is 36.8 Å². The lowest BCUT2D eigenvalue weighted by Crippen LogP contribution is -2.30. The van der Waals surface area contributed by atoms with Crippen LogP contribution in [0.4, 0.5) is 0 Å². The van der Waals surface area contributed by atoms with Crippen molar-refractivity contribution in [3.8, 4) is 0 Å². The predicted octanol–water partition coefficient (Wildman–Crippen LogP) is 3.50. The summed E-state index contributed by atoms with van der Waals surface area (Å²) in [6.07, 6.45) is 9.03. The molecule has 0 bridgehead atoms. The van der Waals surface area contributed by atoms with Crippen molar-refractivity contribution >= 4 is 5.57 Å². The molecule has 0 aromatic heterocycles. The maximum atomic E-state index is 2.63. The highest BCUT2D eigenvalue weighted by molar-refractivity contribution is 5.72. The van der Waals surface area contributed by atoms with Crippen molar-refractivity contribution in [1.82, 2.24) is 4.90 Å². The smallest absolute Gasteiger partial charge is 0.00219 e. The molecular formula is C16H21N. The Bertz CT molecular complexity index is 413. The van der Waals surface area contributed by atoms with Gasteiger partial charge in [-0.2, -0.15) is 0 Å². The Labute approximate surface area is 104 Å². The second kappa shape index (κ2) is 5.05. The van der Waals surface area contributed by atoms with Crippen LogP contribution in [0.5, 0.6) is 0 Å². The third kappa shape index (κ3) is 2.44. The quantitative estimate of drug-likeness (QED) is 0.764. The van der Waals surface area contributed by atoms with E-state index in [0.29, 0.717) is 0 Å². The van der Waals surface area contributed by atoms with Crippen molar-refractivity contribution in [2.24, 2.45) is 0 Å². The van der Waals surface area contributed by atoms with E-state index in [0.717, 1.165) is 6.42 Å². The molecule has 2 aliphatic rings. The fourth-order valence-electron chi connectivity index (χ4n) is 3.05. The van der Waals surface area contributed by atoms with Crippen molar-refractivity contribution in [2.75, 3.05) is 19.6 Å². The van der Waals surface area contributed by atoms with E-state index < -0.39 is 0 Å². The largest absolute Gasteiger partial charge is 0.303 e. The maximum Gasteiger partial charge on any atom is 0.00219 e. The number of piperidine rings is 1. The summed E-state index contributed by atoms with van der Waals surface area (Å²) < 4.78 is 0. The molecule has 1 aliphatic carbocycles. The maximum absolute atomic E-state index is 2.63. The van der Waals surface area contributed by atoms with Gasteiger partial charge in [-0.05, 0) is 55.5 Å². The molecule has 0 saturated carbocycles. The van der Waals surface area contributed by atoms with Gasteiger partial charge in [-0.15, -0.1) is 0 Å². The molecule has 1 aliphatic heterocycles. The molecule has 1 aromatic rings. The average molecular weight is 227 g/mol. The molecule has 90 valence electrons. The second-order valence-electron chi connectivity index (χ2n) is 5.24. The van der Waals surface area contributed by atoms with Crippen molar-refractivity contribution in [1.29, 1.82) is 0 Å². The molecule has 0 amide bonds. The van der Waals surface area contributed by atoms with Gasteiger partial charge in [0.1, 0.15) is 0 Å². The number of allylic oxidation sites excluding steroid dienone is 1. The van der Waals surface area contributed by atoms with Crippen LogP contribution in [0.25, 0.3) is 5.57 Å². The summed E-state index contributed by atoms with van der Waals surface area (Å²) >= 11 is 0. The molecule has 1 heterocycles. The normalized spacial score (nSPS) is 20.1. The van der Waals surface area contributed by atoms with Gasteiger partial charge in [0.25, 0.3) is 0 Å². The summed E-state index contributed by atoms with van der Waals surface area (Å²) in [5.41, 5.74) is 4.59. The minimum Gasteiger partial charge on any atom is -0.303 e. The lowest BCUT2D eigenvalue weighted by Gasteiger charge is -2.26. The third-order valence-corrected chi connectivity index (χ3v) is 4.08. The Hall–Kier alpha value is -1.08. The standard InChI is InChI=1S/C16H21N/c1-4-11-17(12-5-1)13-10-15-9-8-14-6-2-3-7-16(14)15/h2-3,6-7,9H,1,4-5,8,10-13H2. The summed E-state index contributed by atoms with van der Waals surface area (Å²) in [4.78, 5) is 2.63. The molecule has 17 heavy (non-hydrogen) atoms. The van der Waals surface area contributed by atoms with E-state index in [1.807, 2.05) is 0 Å². The number of hydrogen-bond acceptors (Lipinski definition) is 1. The van der Waals surface area contributed by atoms with Gasteiger partial charge in [0.2, 0.25) is 0 Å². The molecule has 1 heteroatoms. The minimum atomic E-state index is 1.14. The average Bonchev–Trinajstić information content (AvgIpc) is 2.81. The highest BCUT2D eigenvalue weighted by Crippen LogP contribution is 2.29. The van der Waals surface area contributed by atoms with E-state index in [9.17, 15) is 0 Å². The van der Waals surface area contributed by atoms with Gasteiger partial charge in [-0.25, -0.2) is 0 Å². The Balaban J connectivity index is 1.59. The van der Waals surface area contributed by atoms with E-state index in [-0.39, 0.29) is 0 Å². The number of hydrogen-bond donors (Lipinski definition) is 0. The monoisotopic (exact) mass is 227 g/mol. The number of rotatable bonds is 3. The predicted molar refractivity (Wildman–Crippen MR) is 73.0 cm³/mol. The fraction of sp³-hybridized carbons (Fsp3) is 0.500. The summed E-state index contributed by atoms with van der Waals surface area (Å²) in [6.45, 7) is 3.88. The van der Waals surface area contributed by atoms with Crippen LogP contribution in [0.15, 0.2) is 30.3 Å². The molecule has 0 spiro atoms. The van der Waals surface area contributed by atoms with Crippen molar-refractivity contribution in [3.63, 3.8) is 0 Å².